The fourth-order valence-electron chi connectivity index (χ4n) is 1.87. The average molecular weight is 236 g/mol. The minimum atomic E-state index is -0.147. The summed E-state index contributed by atoms with van der Waals surface area (Å²) < 4.78 is 10.8. The number of pyridine rings is 1. The van der Waals surface area contributed by atoms with Crippen molar-refractivity contribution in [2.75, 3.05) is 20.3 Å². The van der Waals surface area contributed by atoms with Gasteiger partial charge in [-0.3, -0.25) is 4.79 Å². The monoisotopic (exact) mass is 236 g/mol. The molecule has 1 aromatic rings. The maximum absolute atomic E-state index is 11.5. The first-order valence-corrected chi connectivity index (χ1v) is 5.70. The molecule has 0 aromatic carbocycles. The van der Waals surface area contributed by atoms with Crippen LogP contribution in [-0.2, 0) is 11.2 Å². The van der Waals surface area contributed by atoms with Crippen LogP contribution in [0.5, 0.6) is 11.6 Å². The second-order valence-electron chi connectivity index (χ2n) is 3.89. The van der Waals surface area contributed by atoms with E-state index in [1.807, 2.05) is 13.0 Å². The van der Waals surface area contributed by atoms with E-state index in [2.05, 4.69) is 10.3 Å². The lowest BCUT2D eigenvalue weighted by molar-refractivity contribution is -0.125. The summed E-state index contributed by atoms with van der Waals surface area (Å²) in [6.45, 7) is 2.90. The topological polar surface area (TPSA) is 60.5 Å². The molecule has 2 heterocycles. The molecule has 0 spiro atoms. The first kappa shape index (κ1) is 11.7. The summed E-state index contributed by atoms with van der Waals surface area (Å²) in [5.74, 6) is 1.17. The second kappa shape index (κ2) is 5.03. The van der Waals surface area contributed by atoms with Crippen LogP contribution in [0.1, 0.15) is 12.5 Å². The lowest BCUT2D eigenvalue weighted by Crippen LogP contribution is -2.35. The number of hydrogen-bond donors (Lipinski definition) is 1. The normalized spacial score (nSPS) is 17.9. The molecule has 1 N–H and O–H groups in total. The maximum Gasteiger partial charge on any atom is 0.226 e. The van der Waals surface area contributed by atoms with Crippen molar-refractivity contribution in [1.29, 1.82) is 0 Å². The van der Waals surface area contributed by atoms with Crippen LogP contribution >= 0.6 is 0 Å². The van der Waals surface area contributed by atoms with Crippen LogP contribution in [0.15, 0.2) is 12.3 Å². The summed E-state index contributed by atoms with van der Waals surface area (Å²) in [6, 6.07) is 1.89. The van der Waals surface area contributed by atoms with Gasteiger partial charge in [-0.05, 0) is 19.4 Å². The molecule has 5 nitrogen and oxygen atoms in total. The summed E-state index contributed by atoms with van der Waals surface area (Å²) in [7, 11) is 1.63. The Morgan fingerprint density at radius 1 is 1.71 bits per heavy atom. The first-order chi connectivity index (χ1) is 8.24. The van der Waals surface area contributed by atoms with E-state index in [0.29, 0.717) is 31.3 Å². The third-order valence-corrected chi connectivity index (χ3v) is 2.72. The highest BCUT2D eigenvalue weighted by atomic mass is 16.5. The van der Waals surface area contributed by atoms with Crippen LogP contribution in [0.3, 0.4) is 0 Å². The van der Waals surface area contributed by atoms with Gasteiger partial charge in [-0.1, -0.05) is 0 Å². The summed E-state index contributed by atoms with van der Waals surface area (Å²) >= 11 is 0. The highest BCUT2D eigenvalue weighted by Gasteiger charge is 2.26. The lowest BCUT2D eigenvalue weighted by atomic mass is 9.98. The van der Waals surface area contributed by atoms with Gasteiger partial charge in [0, 0.05) is 12.6 Å². The molecule has 1 atom stereocenters. The number of nitrogens with zero attached hydrogens (tertiary/aromatic N) is 1. The standard InChI is InChI=1S/C12H16N2O3/c1-3-16-10-5-8-4-9(11(15)13-2)7-17-12(8)14-6-10/h5-6,9H,3-4,7H2,1-2H3,(H,13,15). The van der Waals surface area contributed by atoms with E-state index in [1.165, 1.54) is 0 Å². The Kier molecular flexibility index (Phi) is 3.46. The molecule has 0 saturated carbocycles. The largest absolute Gasteiger partial charge is 0.492 e. The highest BCUT2D eigenvalue weighted by molar-refractivity contribution is 5.79. The third-order valence-electron chi connectivity index (χ3n) is 2.72. The van der Waals surface area contributed by atoms with Crippen molar-refractivity contribution in [2.45, 2.75) is 13.3 Å². The molecule has 0 radical (unpaired) electrons. The predicted molar refractivity (Wildman–Crippen MR) is 62.2 cm³/mol. The van der Waals surface area contributed by atoms with Crippen molar-refractivity contribution in [3.8, 4) is 11.6 Å². The minimum Gasteiger partial charge on any atom is -0.492 e. The van der Waals surface area contributed by atoms with Crippen LogP contribution in [0.25, 0.3) is 0 Å². The van der Waals surface area contributed by atoms with Crippen molar-refractivity contribution in [3.05, 3.63) is 17.8 Å². The van der Waals surface area contributed by atoms with Crippen molar-refractivity contribution in [1.82, 2.24) is 10.3 Å². The van der Waals surface area contributed by atoms with Gasteiger partial charge in [-0.2, -0.15) is 0 Å². The van der Waals surface area contributed by atoms with Gasteiger partial charge in [0.2, 0.25) is 11.8 Å². The molecule has 0 saturated heterocycles. The highest BCUT2D eigenvalue weighted by Crippen LogP contribution is 2.28. The van der Waals surface area contributed by atoms with Gasteiger partial charge in [-0.15, -0.1) is 0 Å². The molecule has 0 bridgehead atoms. The molecule has 5 heteroatoms. The Labute approximate surface area is 100 Å². The second-order valence-corrected chi connectivity index (χ2v) is 3.89. The van der Waals surface area contributed by atoms with Crippen molar-refractivity contribution >= 4 is 5.91 Å². The number of rotatable bonds is 3. The van der Waals surface area contributed by atoms with Crippen LogP contribution in [0.4, 0.5) is 0 Å². The number of nitrogens with one attached hydrogen (secondary N) is 1. The molecule has 1 amide bonds. The van der Waals surface area contributed by atoms with Crippen LogP contribution in [-0.4, -0.2) is 31.2 Å². The Morgan fingerprint density at radius 2 is 2.53 bits per heavy atom. The number of carbonyl (C=O) groups excluding carboxylic acids is 1. The van der Waals surface area contributed by atoms with E-state index in [-0.39, 0.29) is 11.8 Å². The van der Waals surface area contributed by atoms with Gasteiger partial charge in [0.1, 0.15) is 12.4 Å². The summed E-state index contributed by atoms with van der Waals surface area (Å²) in [4.78, 5) is 15.7. The fraction of sp³-hybridized carbons (Fsp3) is 0.500. The van der Waals surface area contributed by atoms with Crippen molar-refractivity contribution in [3.63, 3.8) is 0 Å². The average Bonchev–Trinajstić information content (AvgIpc) is 2.37. The van der Waals surface area contributed by atoms with Gasteiger partial charge >= 0.3 is 0 Å². The summed E-state index contributed by atoms with van der Waals surface area (Å²) in [5.41, 5.74) is 0.927. The van der Waals surface area contributed by atoms with E-state index >= 15 is 0 Å². The lowest BCUT2D eigenvalue weighted by Gasteiger charge is -2.23. The van der Waals surface area contributed by atoms with Crippen molar-refractivity contribution < 1.29 is 14.3 Å². The van der Waals surface area contributed by atoms with E-state index < -0.39 is 0 Å². The Bertz CT molecular complexity index is 420. The van der Waals surface area contributed by atoms with Crippen LogP contribution in [0.2, 0.25) is 0 Å². The van der Waals surface area contributed by atoms with E-state index in [9.17, 15) is 4.79 Å². The number of amides is 1. The quantitative estimate of drug-likeness (QED) is 0.842. The van der Waals surface area contributed by atoms with E-state index in [0.717, 1.165) is 5.56 Å². The molecule has 1 aliphatic heterocycles. The Morgan fingerprint density at radius 3 is 3.24 bits per heavy atom. The molecule has 17 heavy (non-hydrogen) atoms. The van der Waals surface area contributed by atoms with Crippen molar-refractivity contribution in [2.24, 2.45) is 5.92 Å². The third kappa shape index (κ3) is 2.49. The van der Waals surface area contributed by atoms with Gasteiger partial charge in [0.05, 0.1) is 18.7 Å². The molecule has 1 aliphatic rings. The van der Waals surface area contributed by atoms with Gasteiger partial charge in [0.15, 0.2) is 0 Å². The molecular formula is C12H16N2O3. The molecular weight excluding hydrogens is 220 g/mol. The zero-order valence-corrected chi connectivity index (χ0v) is 10.0. The number of aromatic nitrogens is 1. The summed E-state index contributed by atoms with van der Waals surface area (Å²) in [5, 5.41) is 2.63. The number of fused-ring (bicyclic) bond motifs is 1. The van der Waals surface area contributed by atoms with E-state index in [4.69, 9.17) is 9.47 Å². The molecule has 1 aromatic heterocycles. The van der Waals surface area contributed by atoms with Gasteiger partial charge in [0.25, 0.3) is 0 Å². The van der Waals surface area contributed by atoms with E-state index in [1.54, 1.807) is 13.2 Å². The molecule has 92 valence electrons. The Balaban J connectivity index is 2.17. The zero-order chi connectivity index (χ0) is 12.3. The van der Waals surface area contributed by atoms with Gasteiger partial charge in [-0.25, -0.2) is 4.98 Å². The van der Waals surface area contributed by atoms with Gasteiger partial charge < -0.3 is 14.8 Å². The molecule has 1 unspecified atom stereocenters. The SMILES string of the molecule is CCOc1cnc2c(c1)CC(C(=O)NC)CO2. The van der Waals surface area contributed by atoms with Crippen LogP contribution in [0, 0.1) is 5.92 Å². The summed E-state index contributed by atoms with van der Waals surface area (Å²) in [6.07, 6.45) is 2.28. The molecule has 0 aliphatic carbocycles. The smallest absolute Gasteiger partial charge is 0.226 e. The zero-order valence-electron chi connectivity index (χ0n) is 10.0. The maximum atomic E-state index is 11.5. The first-order valence-electron chi connectivity index (χ1n) is 5.70. The predicted octanol–water partition coefficient (Wildman–Crippen LogP) is 0.777. The number of ether oxygens (including phenoxy) is 2. The molecule has 0 fully saturated rings. The number of carbonyl (C=O) groups is 1. The number of hydrogen-bond acceptors (Lipinski definition) is 4. The molecule has 2 rings (SSSR count). The Hall–Kier alpha value is -1.78. The minimum absolute atomic E-state index is 0.00235. The van der Waals surface area contributed by atoms with Crippen LogP contribution < -0.4 is 14.8 Å². The fourth-order valence-corrected chi connectivity index (χ4v) is 1.87.